The minimum Gasteiger partial charge on any atom is -0.489 e. The molecule has 2 aliphatic rings. The molecule has 0 atom stereocenters. The van der Waals surface area contributed by atoms with Crippen LogP contribution < -0.4 is 4.74 Å². The number of benzene rings is 2. The van der Waals surface area contributed by atoms with Gasteiger partial charge in [0.05, 0.1) is 13.2 Å². The first-order valence-corrected chi connectivity index (χ1v) is 10.8. The summed E-state index contributed by atoms with van der Waals surface area (Å²) in [5.74, 6) is 0.762. The van der Waals surface area contributed by atoms with Crippen LogP contribution in [-0.2, 0) is 35.4 Å². The van der Waals surface area contributed by atoms with E-state index in [1.165, 1.54) is 16.7 Å². The Bertz CT molecular complexity index is 905. The Morgan fingerprint density at radius 1 is 1.10 bits per heavy atom. The van der Waals surface area contributed by atoms with E-state index in [0.717, 1.165) is 48.7 Å². The molecule has 2 aromatic rings. The summed E-state index contributed by atoms with van der Waals surface area (Å²) in [5.41, 5.74) is 5.28. The van der Waals surface area contributed by atoms with E-state index in [9.17, 15) is 4.79 Å². The van der Waals surface area contributed by atoms with E-state index in [1.54, 1.807) is 0 Å². The van der Waals surface area contributed by atoms with Crippen molar-refractivity contribution in [1.82, 2.24) is 4.90 Å². The van der Waals surface area contributed by atoms with Crippen molar-refractivity contribution in [3.63, 3.8) is 0 Å². The Morgan fingerprint density at radius 2 is 1.90 bits per heavy atom. The molecular formula is C24H28ClNO3. The number of hydrogen-bond donors (Lipinski definition) is 0. The van der Waals surface area contributed by atoms with Gasteiger partial charge in [-0.1, -0.05) is 36.7 Å². The number of likely N-dealkylation sites (tertiary alicyclic amines) is 1. The van der Waals surface area contributed by atoms with E-state index in [-0.39, 0.29) is 11.4 Å². The van der Waals surface area contributed by atoms with E-state index in [1.807, 2.05) is 13.0 Å². The van der Waals surface area contributed by atoms with Crippen LogP contribution in [0.15, 0.2) is 36.4 Å². The third-order valence-corrected chi connectivity index (χ3v) is 6.36. The van der Waals surface area contributed by atoms with Gasteiger partial charge < -0.3 is 9.47 Å². The number of halogens is 1. The highest BCUT2D eigenvalue weighted by atomic mass is 35.5. The van der Waals surface area contributed by atoms with E-state index in [2.05, 4.69) is 42.2 Å². The predicted octanol–water partition coefficient (Wildman–Crippen LogP) is 4.45. The van der Waals surface area contributed by atoms with Gasteiger partial charge in [0.25, 0.3) is 0 Å². The number of rotatable bonds is 7. The molecule has 4 nitrogen and oxygen atoms in total. The zero-order chi connectivity index (χ0) is 20.4. The topological polar surface area (TPSA) is 38.8 Å². The van der Waals surface area contributed by atoms with Gasteiger partial charge in [-0.2, -0.15) is 0 Å². The second kappa shape index (κ2) is 8.37. The first-order chi connectivity index (χ1) is 14.0. The van der Waals surface area contributed by atoms with Gasteiger partial charge in [0, 0.05) is 29.1 Å². The molecule has 29 heavy (non-hydrogen) atoms. The van der Waals surface area contributed by atoms with E-state index >= 15 is 0 Å². The Morgan fingerprint density at radius 3 is 2.62 bits per heavy atom. The smallest absolute Gasteiger partial charge is 0.320 e. The summed E-state index contributed by atoms with van der Waals surface area (Å²) in [4.78, 5) is 13.9. The van der Waals surface area contributed by atoms with Gasteiger partial charge in [0.15, 0.2) is 0 Å². The first kappa shape index (κ1) is 20.2. The van der Waals surface area contributed by atoms with Crippen LogP contribution in [0, 0.1) is 5.41 Å². The number of ether oxygens (including phenoxy) is 2. The largest absolute Gasteiger partial charge is 0.489 e. The maximum atomic E-state index is 11.7. The van der Waals surface area contributed by atoms with Crippen LogP contribution in [0.5, 0.6) is 5.75 Å². The van der Waals surface area contributed by atoms with Crippen LogP contribution in [0.2, 0.25) is 5.02 Å². The molecule has 5 heteroatoms. The van der Waals surface area contributed by atoms with E-state index in [4.69, 9.17) is 21.1 Å². The van der Waals surface area contributed by atoms with Crippen LogP contribution in [-0.4, -0.2) is 37.1 Å². The van der Waals surface area contributed by atoms with Crippen LogP contribution in [0.1, 0.15) is 36.1 Å². The number of nitrogens with zero attached hydrogens (tertiary/aromatic N) is 1. The third kappa shape index (κ3) is 4.44. The average Bonchev–Trinajstić information content (AvgIpc) is 3.05. The molecule has 2 aromatic carbocycles. The van der Waals surface area contributed by atoms with E-state index in [0.29, 0.717) is 19.8 Å². The molecule has 1 aliphatic carbocycles. The normalized spacial score (nSPS) is 17.1. The van der Waals surface area contributed by atoms with Crippen molar-refractivity contribution in [3.05, 3.63) is 63.7 Å². The Labute approximate surface area is 177 Å². The van der Waals surface area contributed by atoms with Crippen molar-refractivity contribution in [2.75, 3.05) is 26.2 Å². The van der Waals surface area contributed by atoms with Gasteiger partial charge in [0.1, 0.15) is 12.4 Å². The van der Waals surface area contributed by atoms with Gasteiger partial charge in [-0.05, 0) is 61.1 Å². The average molecular weight is 414 g/mol. The summed E-state index contributed by atoms with van der Waals surface area (Å²) in [7, 11) is 0. The minimum atomic E-state index is -0.126. The fraction of sp³-hybridized carbons (Fsp3) is 0.458. The molecule has 154 valence electrons. The summed E-state index contributed by atoms with van der Waals surface area (Å²) < 4.78 is 11.1. The predicted molar refractivity (Wildman–Crippen MR) is 115 cm³/mol. The molecule has 0 radical (unpaired) electrons. The Kier molecular flexibility index (Phi) is 5.84. The van der Waals surface area contributed by atoms with Crippen molar-refractivity contribution in [3.8, 4) is 5.75 Å². The number of aryl methyl sites for hydroxylation is 1. The van der Waals surface area contributed by atoms with Crippen molar-refractivity contribution >= 4 is 17.6 Å². The highest BCUT2D eigenvalue weighted by Crippen LogP contribution is 2.44. The second-order valence-corrected chi connectivity index (χ2v) is 8.71. The summed E-state index contributed by atoms with van der Waals surface area (Å²) in [6.07, 6.45) is 3.10. The third-order valence-electron chi connectivity index (χ3n) is 6.00. The van der Waals surface area contributed by atoms with Gasteiger partial charge in [-0.25, -0.2) is 0 Å². The summed E-state index contributed by atoms with van der Waals surface area (Å²) in [5, 5.41) is 0.764. The zero-order valence-electron chi connectivity index (χ0n) is 17.2. The first-order valence-electron chi connectivity index (χ1n) is 10.4. The molecule has 0 aromatic heterocycles. The molecule has 0 saturated carbocycles. The Balaban J connectivity index is 1.34. The van der Waals surface area contributed by atoms with Gasteiger partial charge in [0.2, 0.25) is 0 Å². The molecule has 0 unspecified atom stereocenters. The lowest BCUT2D eigenvalue weighted by atomic mass is 9.77. The van der Waals surface area contributed by atoms with Gasteiger partial charge in [-0.3, -0.25) is 9.69 Å². The van der Waals surface area contributed by atoms with Crippen molar-refractivity contribution in [2.24, 2.45) is 5.41 Å². The molecule has 0 N–H and O–H groups in total. The summed E-state index contributed by atoms with van der Waals surface area (Å²) in [6.45, 7) is 7.19. The molecule has 4 rings (SSSR count). The number of carbonyl (C=O) groups is 1. The molecule has 1 aliphatic heterocycles. The van der Waals surface area contributed by atoms with Crippen LogP contribution in [0.3, 0.4) is 0 Å². The quantitative estimate of drug-likeness (QED) is 0.629. The fourth-order valence-corrected chi connectivity index (χ4v) is 4.87. The molecule has 1 saturated heterocycles. The SMILES string of the molecule is CCOC(=O)CN1CC2(Cc3ccc(OCc4ccc(CC)cc4Cl)cc3C2)C1. The van der Waals surface area contributed by atoms with Crippen molar-refractivity contribution in [2.45, 2.75) is 39.7 Å². The van der Waals surface area contributed by atoms with Crippen LogP contribution in [0.4, 0.5) is 0 Å². The molecule has 1 heterocycles. The highest BCUT2D eigenvalue weighted by Gasteiger charge is 2.47. The van der Waals surface area contributed by atoms with Crippen LogP contribution >= 0.6 is 11.6 Å². The molecular weight excluding hydrogens is 386 g/mol. The maximum absolute atomic E-state index is 11.7. The number of fused-ring (bicyclic) bond motifs is 1. The number of hydrogen-bond acceptors (Lipinski definition) is 4. The lowest BCUT2D eigenvalue weighted by Crippen LogP contribution is -2.58. The zero-order valence-corrected chi connectivity index (χ0v) is 17.9. The van der Waals surface area contributed by atoms with E-state index < -0.39 is 0 Å². The molecule has 0 amide bonds. The molecule has 0 bridgehead atoms. The minimum absolute atomic E-state index is 0.126. The number of carbonyl (C=O) groups excluding carboxylic acids is 1. The van der Waals surface area contributed by atoms with Gasteiger partial charge >= 0.3 is 5.97 Å². The molecule has 1 fully saturated rings. The fourth-order valence-electron chi connectivity index (χ4n) is 4.62. The van der Waals surface area contributed by atoms with Crippen LogP contribution in [0.25, 0.3) is 0 Å². The Hall–Kier alpha value is -2.04. The maximum Gasteiger partial charge on any atom is 0.320 e. The van der Waals surface area contributed by atoms with Gasteiger partial charge in [-0.15, -0.1) is 0 Å². The standard InChI is InChI=1S/C24H28ClNO3/c1-3-17-5-6-19(22(25)9-17)14-29-21-8-7-18-11-24(12-20(18)10-21)15-26(16-24)13-23(27)28-4-2/h5-10H,3-4,11-16H2,1-2H3. The lowest BCUT2D eigenvalue weighted by Gasteiger charge is -2.47. The molecule has 1 spiro atoms. The highest BCUT2D eigenvalue weighted by molar-refractivity contribution is 6.31. The van der Waals surface area contributed by atoms with Crippen molar-refractivity contribution in [1.29, 1.82) is 0 Å². The summed E-state index contributed by atoms with van der Waals surface area (Å²) >= 11 is 6.38. The lowest BCUT2D eigenvalue weighted by molar-refractivity contribution is -0.147. The second-order valence-electron chi connectivity index (χ2n) is 8.30. The monoisotopic (exact) mass is 413 g/mol. The summed E-state index contributed by atoms with van der Waals surface area (Å²) in [6, 6.07) is 12.6. The number of esters is 1. The van der Waals surface area contributed by atoms with Crippen molar-refractivity contribution < 1.29 is 14.3 Å².